The number of nitrogens with zero attached hydrogens (tertiary/aromatic N) is 6. The van der Waals surface area contributed by atoms with Crippen LogP contribution in [0.1, 0.15) is 16.9 Å². The zero-order valence-corrected chi connectivity index (χ0v) is 20.5. The zero-order chi connectivity index (χ0) is 25.5. The highest BCUT2D eigenvalue weighted by Crippen LogP contribution is 2.37. The number of methoxy groups -OCH3 is 1. The lowest BCUT2D eigenvalue weighted by molar-refractivity contribution is -0.116. The summed E-state index contributed by atoms with van der Waals surface area (Å²) in [7, 11) is 4.83. The van der Waals surface area contributed by atoms with Gasteiger partial charge in [-0.1, -0.05) is 6.07 Å². The number of anilines is 3. The lowest BCUT2D eigenvalue weighted by Gasteiger charge is -2.26. The van der Waals surface area contributed by atoms with E-state index in [-0.39, 0.29) is 17.4 Å². The number of nitrogens with one attached hydrogen (secondary N) is 4. The minimum atomic E-state index is -0.428. The van der Waals surface area contributed by atoms with E-state index in [0.29, 0.717) is 41.5 Å². The molecule has 3 aromatic rings. The summed E-state index contributed by atoms with van der Waals surface area (Å²) in [5.41, 5.74) is 1.66. The number of hydrogen-bond donors (Lipinski definition) is 4. The van der Waals surface area contributed by atoms with Crippen molar-refractivity contribution in [2.24, 2.45) is 7.05 Å². The monoisotopic (exact) mass is 494 g/mol. The maximum absolute atomic E-state index is 12.5. The number of benzene rings is 1. The third-order valence-corrected chi connectivity index (χ3v) is 5.70. The molecular formula is C23H30N10O3. The van der Waals surface area contributed by atoms with E-state index in [1.54, 1.807) is 37.3 Å². The zero-order valence-electron chi connectivity index (χ0n) is 20.5. The number of carbonyl (C=O) groups is 2. The summed E-state index contributed by atoms with van der Waals surface area (Å²) >= 11 is 0. The van der Waals surface area contributed by atoms with Crippen LogP contribution in [0, 0.1) is 0 Å². The second-order valence-corrected chi connectivity index (χ2v) is 8.21. The summed E-state index contributed by atoms with van der Waals surface area (Å²) in [6.07, 6.45) is 1.93. The van der Waals surface area contributed by atoms with E-state index in [2.05, 4.69) is 46.4 Å². The molecule has 13 heteroatoms. The fourth-order valence-electron chi connectivity index (χ4n) is 3.87. The molecule has 1 saturated heterocycles. The van der Waals surface area contributed by atoms with Crippen molar-refractivity contribution in [3.05, 3.63) is 36.3 Å². The van der Waals surface area contributed by atoms with Crippen molar-refractivity contribution in [3.63, 3.8) is 0 Å². The summed E-state index contributed by atoms with van der Waals surface area (Å²) < 4.78 is 7.26. The Kier molecular flexibility index (Phi) is 8.02. The van der Waals surface area contributed by atoms with Gasteiger partial charge in [0.15, 0.2) is 23.1 Å². The number of rotatable bonds is 9. The normalized spacial score (nSPS) is 13.8. The SMILES string of the molecule is CNC(=O)c1nnc(NC(=O)CCN2CCNCC2)cc1Nc1cccc(-c2ncn(C)n2)c1OC. The van der Waals surface area contributed by atoms with Gasteiger partial charge in [-0.15, -0.1) is 10.2 Å². The largest absolute Gasteiger partial charge is 0.494 e. The van der Waals surface area contributed by atoms with E-state index >= 15 is 0 Å². The standard InChI is InChI=1S/C23H30N10O3/c1-24-23(35)20-17(13-18(29-30-20)28-19(34)7-10-33-11-8-25-9-12-33)27-16-6-4-5-15(21(16)36-3)22-26-14-32(2)31-22/h4-6,13-14,25H,7-12H2,1-3H3,(H,24,35)(H2,27,28,29,34). The number of para-hydroxylation sites is 1. The summed E-state index contributed by atoms with van der Waals surface area (Å²) in [4.78, 5) is 31.6. The van der Waals surface area contributed by atoms with Gasteiger partial charge in [0.1, 0.15) is 6.33 Å². The quantitative estimate of drug-likeness (QED) is 0.333. The maximum Gasteiger partial charge on any atom is 0.273 e. The minimum Gasteiger partial charge on any atom is -0.494 e. The van der Waals surface area contributed by atoms with Gasteiger partial charge in [0.2, 0.25) is 5.91 Å². The maximum atomic E-state index is 12.5. The van der Waals surface area contributed by atoms with Gasteiger partial charge in [-0.3, -0.25) is 14.3 Å². The Balaban J connectivity index is 1.56. The highest BCUT2D eigenvalue weighted by atomic mass is 16.5. The lowest BCUT2D eigenvalue weighted by Crippen LogP contribution is -2.44. The average Bonchev–Trinajstić information content (AvgIpc) is 3.33. The molecule has 1 aromatic carbocycles. The summed E-state index contributed by atoms with van der Waals surface area (Å²) in [5, 5.41) is 24.3. The Morgan fingerprint density at radius 3 is 2.67 bits per heavy atom. The van der Waals surface area contributed by atoms with E-state index < -0.39 is 5.91 Å². The van der Waals surface area contributed by atoms with Crippen molar-refractivity contribution < 1.29 is 14.3 Å². The minimum absolute atomic E-state index is 0.0692. The second-order valence-electron chi connectivity index (χ2n) is 8.21. The molecule has 190 valence electrons. The fourth-order valence-corrected chi connectivity index (χ4v) is 3.87. The fraction of sp³-hybridized carbons (Fsp3) is 0.391. The third-order valence-electron chi connectivity index (χ3n) is 5.70. The Bertz CT molecular complexity index is 1220. The molecule has 36 heavy (non-hydrogen) atoms. The van der Waals surface area contributed by atoms with Gasteiger partial charge in [-0.05, 0) is 12.1 Å². The molecule has 0 saturated carbocycles. The first kappa shape index (κ1) is 25.0. The predicted octanol–water partition coefficient (Wildman–Crippen LogP) is 0.618. The first-order valence-corrected chi connectivity index (χ1v) is 11.6. The van der Waals surface area contributed by atoms with Crippen LogP contribution in [-0.2, 0) is 11.8 Å². The molecule has 3 heterocycles. The van der Waals surface area contributed by atoms with Gasteiger partial charge in [0, 0.05) is 59.3 Å². The molecule has 4 N–H and O–H groups in total. The molecule has 2 amide bonds. The van der Waals surface area contributed by atoms with Gasteiger partial charge in [0.05, 0.1) is 24.0 Å². The van der Waals surface area contributed by atoms with Crippen molar-refractivity contribution in [1.29, 1.82) is 0 Å². The molecule has 0 unspecified atom stereocenters. The Morgan fingerprint density at radius 1 is 1.17 bits per heavy atom. The summed E-state index contributed by atoms with van der Waals surface area (Å²) in [6, 6.07) is 7.04. The molecule has 1 fully saturated rings. The van der Waals surface area contributed by atoms with Crippen LogP contribution in [0.4, 0.5) is 17.2 Å². The Hall–Kier alpha value is -4.10. The van der Waals surface area contributed by atoms with E-state index in [0.717, 1.165) is 26.2 Å². The number of carbonyl (C=O) groups excluding carboxylic acids is 2. The van der Waals surface area contributed by atoms with Crippen LogP contribution in [0.25, 0.3) is 11.4 Å². The smallest absolute Gasteiger partial charge is 0.273 e. The van der Waals surface area contributed by atoms with Crippen LogP contribution < -0.4 is 26.0 Å². The van der Waals surface area contributed by atoms with Crippen LogP contribution in [-0.4, -0.2) is 88.6 Å². The molecule has 1 aliphatic heterocycles. The number of ether oxygens (including phenoxy) is 1. The molecule has 13 nitrogen and oxygen atoms in total. The van der Waals surface area contributed by atoms with Crippen LogP contribution in [0.15, 0.2) is 30.6 Å². The number of piperazine rings is 1. The number of aromatic nitrogens is 5. The van der Waals surface area contributed by atoms with Crippen LogP contribution >= 0.6 is 0 Å². The van der Waals surface area contributed by atoms with Crippen LogP contribution in [0.2, 0.25) is 0 Å². The first-order chi connectivity index (χ1) is 17.5. The highest BCUT2D eigenvalue weighted by Gasteiger charge is 2.20. The van der Waals surface area contributed by atoms with Gasteiger partial charge in [0.25, 0.3) is 5.91 Å². The molecule has 2 aromatic heterocycles. The second kappa shape index (κ2) is 11.6. The van der Waals surface area contributed by atoms with Crippen molar-refractivity contribution in [3.8, 4) is 17.1 Å². The lowest BCUT2D eigenvalue weighted by atomic mass is 10.1. The van der Waals surface area contributed by atoms with E-state index in [4.69, 9.17) is 4.74 Å². The van der Waals surface area contributed by atoms with Crippen molar-refractivity contribution in [2.45, 2.75) is 6.42 Å². The predicted molar refractivity (Wildman–Crippen MR) is 134 cm³/mol. The third kappa shape index (κ3) is 5.93. The molecule has 0 radical (unpaired) electrons. The molecule has 1 aliphatic rings. The van der Waals surface area contributed by atoms with Gasteiger partial charge in [-0.25, -0.2) is 4.98 Å². The number of aryl methyl sites for hydroxylation is 1. The van der Waals surface area contributed by atoms with E-state index in [1.165, 1.54) is 7.05 Å². The average molecular weight is 495 g/mol. The number of amides is 2. The van der Waals surface area contributed by atoms with Crippen LogP contribution in [0.3, 0.4) is 0 Å². The van der Waals surface area contributed by atoms with Crippen molar-refractivity contribution in [1.82, 2.24) is 40.5 Å². The molecule has 0 atom stereocenters. The molecule has 4 rings (SSSR count). The summed E-state index contributed by atoms with van der Waals surface area (Å²) in [6.45, 7) is 4.33. The van der Waals surface area contributed by atoms with E-state index in [9.17, 15) is 9.59 Å². The highest BCUT2D eigenvalue weighted by molar-refractivity contribution is 5.99. The first-order valence-electron chi connectivity index (χ1n) is 11.6. The van der Waals surface area contributed by atoms with Crippen molar-refractivity contribution >= 4 is 29.0 Å². The van der Waals surface area contributed by atoms with Gasteiger partial charge >= 0.3 is 0 Å². The van der Waals surface area contributed by atoms with Crippen molar-refractivity contribution in [2.75, 3.05) is 57.5 Å². The van der Waals surface area contributed by atoms with Crippen LogP contribution in [0.5, 0.6) is 5.75 Å². The molecule has 0 bridgehead atoms. The Morgan fingerprint density at radius 2 is 1.97 bits per heavy atom. The molecule has 0 spiro atoms. The van der Waals surface area contributed by atoms with Gasteiger partial charge in [-0.2, -0.15) is 5.10 Å². The van der Waals surface area contributed by atoms with E-state index in [1.807, 2.05) is 12.1 Å². The number of hydrogen-bond acceptors (Lipinski definition) is 10. The topological polar surface area (TPSA) is 151 Å². The van der Waals surface area contributed by atoms with Gasteiger partial charge < -0.3 is 30.9 Å². The molecular weight excluding hydrogens is 464 g/mol. The summed E-state index contributed by atoms with van der Waals surface area (Å²) in [5.74, 6) is 0.613. The molecule has 0 aliphatic carbocycles. The Labute approximate surface area is 208 Å².